The predicted octanol–water partition coefficient (Wildman–Crippen LogP) is 5.64. The lowest BCUT2D eigenvalue weighted by Gasteiger charge is -2.21. The van der Waals surface area contributed by atoms with Crippen LogP contribution in [-0.4, -0.2) is 38.8 Å². The largest absolute Gasteiger partial charge is 0.340 e. The third kappa shape index (κ3) is 6.19. The molecule has 4 aromatic rings. The van der Waals surface area contributed by atoms with Crippen molar-refractivity contribution in [3.05, 3.63) is 96.7 Å². The predicted molar refractivity (Wildman–Crippen MR) is 142 cm³/mol. The summed E-state index contributed by atoms with van der Waals surface area (Å²) in [5.74, 6) is -0.0755. The summed E-state index contributed by atoms with van der Waals surface area (Å²) < 4.78 is 1.87. The molecule has 4 rings (SSSR count). The second kappa shape index (κ2) is 11.1. The number of nitrogens with one attached hydrogen (secondary N) is 1. The van der Waals surface area contributed by atoms with Crippen LogP contribution in [0.1, 0.15) is 19.4 Å². The average molecular weight is 485 g/mol. The van der Waals surface area contributed by atoms with Gasteiger partial charge in [-0.1, -0.05) is 48.5 Å². The molecule has 0 aliphatic heterocycles. The molecule has 1 aromatic heterocycles. The molecule has 0 radical (unpaired) electrons. The lowest BCUT2D eigenvalue weighted by Crippen LogP contribution is -2.32. The van der Waals surface area contributed by atoms with Crippen molar-refractivity contribution < 1.29 is 9.59 Å². The first-order valence-electron chi connectivity index (χ1n) is 11.4. The van der Waals surface area contributed by atoms with Crippen LogP contribution in [0.15, 0.2) is 96.0 Å². The Morgan fingerprint density at radius 1 is 0.971 bits per heavy atom. The minimum absolute atomic E-state index is 0.0346. The minimum Gasteiger partial charge on any atom is -0.340 e. The Bertz CT molecular complexity index is 1290. The fourth-order valence-electron chi connectivity index (χ4n) is 3.80. The number of hydrogen-bond donors (Lipinski definition) is 1. The first kappa shape index (κ1) is 24.3. The van der Waals surface area contributed by atoms with Crippen molar-refractivity contribution in [3.8, 4) is 16.9 Å². The Balaban J connectivity index is 1.50. The van der Waals surface area contributed by atoms with E-state index in [-0.39, 0.29) is 17.1 Å². The van der Waals surface area contributed by atoms with Gasteiger partial charge in [-0.3, -0.25) is 9.59 Å². The van der Waals surface area contributed by atoms with Gasteiger partial charge in [0.05, 0.1) is 16.6 Å². The Labute approximate surface area is 210 Å². The number of carbonyl (C=O) groups excluding carboxylic acids is 2. The molecule has 1 atom stereocenters. The lowest BCUT2D eigenvalue weighted by molar-refractivity contribution is -0.129. The van der Waals surface area contributed by atoms with Crippen LogP contribution in [0.25, 0.3) is 16.9 Å². The second-order valence-electron chi connectivity index (χ2n) is 8.31. The maximum absolute atomic E-state index is 13.2. The maximum Gasteiger partial charge on any atom is 0.235 e. The van der Waals surface area contributed by atoms with Gasteiger partial charge < -0.3 is 10.2 Å². The van der Waals surface area contributed by atoms with E-state index in [2.05, 4.69) is 5.32 Å². The van der Waals surface area contributed by atoms with Crippen molar-refractivity contribution in [2.24, 2.45) is 0 Å². The van der Waals surface area contributed by atoms with Crippen molar-refractivity contribution >= 4 is 29.3 Å². The zero-order valence-electron chi connectivity index (χ0n) is 20.0. The normalized spacial score (nSPS) is 11.6. The number of amides is 2. The molecule has 2 amide bonds. The summed E-state index contributed by atoms with van der Waals surface area (Å²) in [4.78, 5) is 27.1. The molecule has 0 aliphatic rings. The molecule has 0 spiro atoms. The fourth-order valence-corrected chi connectivity index (χ4v) is 4.78. The number of benzene rings is 3. The van der Waals surface area contributed by atoms with E-state index in [0.29, 0.717) is 6.54 Å². The average Bonchev–Trinajstić information content (AvgIpc) is 3.29. The third-order valence-electron chi connectivity index (χ3n) is 5.48. The number of anilines is 1. The van der Waals surface area contributed by atoms with Gasteiger partial charge in [-0.25, -0.2) is 4.68 Å². The number of thioether (sulfide) groups is 1. The Morgan fingerprint density at radius 3 is 2.23 bits per heavy atom. The second-order valence-corrected chi connectivity index (χ2v) is 9.72. The molecule has 0 saturated carbocycles. The van der Waals surface area contributed by atoms with Crippen molar-refractivity contribution in [2.45, 2.75) is 30.5 Å². The molecule has 0 aliphatic carbocycles. The maximum atomic E-state index is 13.2. The highest BCUT2D eigenvalue weighted by Crippen LogP contribution is 2.28. The molecule has 0 bridgehead atoms. The van der Waals surface area contributed by atoms with E-state index < -0.39 is 0 Å². The number of rotatable bonds is 8. The summed E-state index contributed by atoms with van der Waals surface area (Å²) in [7, 11) is 1.83. The molecule has 0 saturated heterocycles. The van der Waals surface area contributed by atoms with Gasteiger partial charge in [0.1, 0.15) is 0 Å². The molecule has 6 nitrogen and oxygen atoms in total. The molecular formula is C28H28N4O2S. The number of aromatic nitrogens is 2. The van der Waals surface area contributed by atoms with Gasteiger partial charge in [0, 0.05) is 48.4 Å². The molecule has 3 aromatic carbocycles. The van der Waals surface area contributed by atoms with Gasteiger partial charge in [0.25, 0.3) is 0 Å². The van der Waals surface area contributed by atoms with Gasteiger partial charge in [-0.15, -0.1) is 11.8 Å². The summed E-state index contributed by atoms with van der Waals surface area (Å²) in [6.45, 7) is 3.84. The van der Waals surface area contributed by atoms with Gasteiger partial charge in [-0.05, 0) is 43.3 Å². The number of para-hydroxylation sites is 1. The molecule has 1 heterocycles. The molecule has 7 heteroatoms. The van der Waals surface area contributed by atoms with E-state index in [1.807, 2.05) is 110 Å². The van der Waals surface area contributed by atoms with Gasteiger partial charge in [-0.2, -0.15) is 5.10 Å². The van der Waals surface area contributed by atoms with Crippen LogP contribution in [0.4, 0.5) is 5.69 Å². The molecule has 178 valence electrons. The molecule has 35 heavy (non-hydrogen) atoms. The van der Waals surface area contributed by atoms with Crippen LogP contribution in [-0.2, 0) is 16.1 Å². The fraction of sp³-hybridized carbons (Fsp3) is 0.179. The first-order chi connectivity index (χ1) is 16.9. The summed E-state index contributed by atoms with van der Waals surface area (Å²) >= 11 is 1.50. The van der Waals surface area contributed by atoms with Gasteiger partial charge in [0.2, 0.25) is 11.8 Å². The smallest absolute Gasteiger partial charge is 0.235 e. The summed E-state index contributed by atoms with van der Waals surface area (Å²) in [5, 5.41) is 7.34. The van der Waals surface area contributed by atoms with Gasteiger partial charge in [0.15, 0.2) is 0 Å². The zero-order chi connectivity index (χ0) is 24.8. The van der Waals surface area contributed by atoms with E-state index in [1.165, 1.54) is 18.7 Å². The van der Waals surface area contributed by atoms with E-state index in [9.17, 15) is 9.59 Å². The first-order valence-corrected chi connectivity index (χ1v) is 12.3. The van der Waals surface area contributed by atoms with E-state index in [1.54, 1.807) is 4.90 Å². The van der Waals surface area contributed by atoms with Crippen LogP contribution in [0.5, 0.6) is 0 Å². The standard InChI is InChI=1S/C28H28N4O2S/c1-20(35-26-16-14-24(15-17-26)29-21(2)33)28(34)31(3)18-23-19-32(25-12-8-5-9-13-25)30-27(23)22-10-6-4-7-11-22/h4-17,19-20H,18H2,1-3H3,(H,29,33). The zero-order valence-corrected chi connectivity index (χ0v) is 20.8. The van der Waals surface area contributed by atoms with Crippen molar-refractivity contribution in [1.82, 2.24) is 14.7 Å². The summed E-state index contributed by atoms with van der Waals surface area (Å²) in [5.41, 5.74) is 4.56. The molecule has 1 unspecified atom stereocenters. The highest BCUT2D eigenvalue weighted by molar-refractivity contribution is 8.00. The SMILES string of the molecule is CC(=O)Nc1ccc(SC(C)C(=O)N(C)Cc2cn(-c3ccccc3)nc2-c2ccccc2)cc1. The summed E-state index contributed by atoms with van der Waals surface area (Å²) in [6, 6.07) is 27.5. The minimum atomic E-state index is -0.268. The van der Waals surface area contributed by atoms with Gasteiger partial charge >= 0.3 is 0 Å². The number of nitrogens with zero attached hydrogens (tertiary/aromatic N) is 3. The Morgan fingerprint density at radius 2 is 1.60 bits per heavy atom. The number of hydrogen-bond acceptors (Lipinski definition) is 4. The number of carbonyl (C=O) groups is 2. The van der Waals surface area contributed by atoms with E-state index >= 15 is 0 Å². The van der Waals surface area contributed by atoms with Crippen LogP contribution in [0, 0.1) is 0 Å². The Hall–Kier alpha value is -3.84. The quantitative estimate of drug-likeness (QED) is 0.329. The topological polar surface area (TPSA) is 67.2 Å². The van der Waals surface area contributed by atoms with Crippen molar-refractivity contribution in [3.63, 3.8) is 0 Å². The third-order valence-corrected chi connectivity index (χ3v) is 6.58. The summed E-state index contributed by atoms with van der Waals surface area (Å²) in [6.07, 6.45) is 2.00. The van der Waals surface area contributed by atoms with Crippen LogP contribution < -0.4 is 5.32 Å². The van der Waals surface area contributed by atoms with Crippen molar-refractivity contribution in [1.29, 1.82) is 0 Å². The Kier molecular flexibility index (Phi) is 7.67. The van der Waals surface area contributed by atoms with E-state index in [4.69, 9.17) is 5.10 Å². The highest BCUT2D eigenvalue weighted by atomic mass is 32.2. The van der Waals surface area contributed by atoms with Crippen molar-refractivity contribution in [2.75, 3.05) is 12.4 Å². The molecule has 0 fully saturated rings. The molecular weight excluding hydrogens is 456 g/mol. The monoisotopic (exact) mass is 484 g/mol. The lowest BCUT2D eigenvalue weighted by atomic mass is 10.1. The van der Waals surface area contributed by atoms with Crippen LogP contribution in [0.3, 0.4) is 0 Å². The van der Waals surface area contributed by atoms with Crippen LogP contribution >= 0.6 is 11.8 Å². The van der Waals surface area contributed by atoms with Crippen LogP contribution in [0.2, 0.25) is 0 Å². The molecule has 1 N–H and O–H groups in total. The highest BCUT2D eigenvalue weighted by Gasteiger charge is 2.21. The van der Waals surface area contributed by atoms with E-state index in [0.717, 1.165) is 33.1 Å².